The highest BCUT2D eigenvalue weighted by Crippen LogP contribution is 2.23. The van der Waals surface area contributed by atoms with Crippen molar-refractivity contribution < 1.29 is 4.74 Å². The highest BCUT2D eigenvalue weighted by Gasteiger charge is 2.19. The van der Waals surface area contributed by atoms with Crippen molar-refractivity contribution in [2.75, 3.05) is 52.7 Å². The van der Waals surface area contributed by atoms with Crippen molar-refractivity contribution in [3.8, 4) is 0 Å². The Hall–Kier alpha value is -0.260. The number of nitrogens with zero attached hydrogens (tertiary/aromatic N) is 3. The number of aliphatic imine (C=N–C) groups is 1. The molecule has 2 aliphatic heterocycles. The standard InChI is InChI=1S/C17H33N3OS/c1-18-15-19-9-5-16(6-10-19)4-3-13-21-14-17-7-11-20(22-2)12-8-17/h15-17H,3-14H2,1-2H3. The van der Waals surface area contributed by atoms with Crippen LogP contribution in [0.1, 0.15) is 38.5 Å². The monoisotopic (exact) mass is 327 g/mol. The van der Waals surface area contributed by atoms with Crippen molar-refractivity contribution >= 4 is 18.3 Å². The first-order chi connectivity index (χ1) is 10.8. The Balaban J connectivity index is 1.45. The van der Waals surface area contributed by atoms with Gasteiger partial charge in [-0.25, -0.2) is 0 Å². The number of rotatable bonds is 8. The second-order valence-electron chi connectivity index (χ2n) is 6.63. The molecule has 0 radical (unpaired) electrons. The first-order valence-corrected chi connectivity index (χ1v) is 10.0. The lowest BCUT2D eigenvalue weighted by Crippen LogP contribution is -2.32. The van der Waals surface area contributed by atoms with Gasteiger partial charge in [0.2, 0.25) is 0 Å². The average Bonchev–Trinajstić information content (AvgIpc) is 2.57. The van der Waals surface area contributed by atoms with E-state index in [-0.39, 0.29) is 0 Å². The first kappa shape index (κ1) is 18.1. The normalized spacial score (nSPS) is 22.7. The van der Waals surface area contributed by atoms with Crippen LogP contribution in [0.5, 0.6) is 0 Å². The lowest BCUT2D eigenvalue weighted by molar-refractivity contribution is 0.0748. The van der Waals surface area contributed by atoms with E-state index >= 15 is 0 Å². The van der Waals surface area contributed by atoms with Crippen LogP contribution in [-0.4, -0.2) is 68.2 Å². The van der Waals surface area contributed by atoms with E-state index in [0.29, 0.717) is 0 Å². The minimum Gasteiger partial charge on any atom is -0.381 e. The van der Waals surface area contributed by atoms with Gasteiger partial charge in [-0.3, -0.25) is 9.30 Å². The summed E-state index contributed by atoms with van der Waals surface area (Å²) >= 11 is 1.88. The van der Waals surface area contributed by atoms with Gasteiger partial charge in [-0.1, -0.05) is 11.9 Å². The molecule has 128 valence electrons. The Morgan fingerprint density at radius 3 is 2.41 bits per heavy atom. The number of ether oxygens (including phenoxy) is 1. The second kappa shape index (κ2) is 10.5. The molecule has 0 bridgehead atoms. The molecular formula is C17H33N3OS. The molecule has 0 atom stereocenters. The number of likely N-dealkylation sites (tertiary alicyclic amines) is 1. The highest BCUT2D eigenvalue weighted by atomic mass is 32.2. The van der Waals surface area contributed by atoms with Crippen LogP contribution in [0, 0.1) is 11.8 Å². The molecule has 0 aromatic carbocycles. The van der Waals surface area contributed by atoms with E-state index in [4.69, 9.17) is 4.74 Å². The van der Waals surface area contributed by atoms with Crippen LogP contribution in [0.3, 0.4) is 0 Å². The van der Waals surface area contributed by atoms with E-state index in [1.807, 2.05) is 25.3 Å². The zero-order valence-electron chi connectivity index (χ0n) is 14.4. The Labute approximate surface area is 140 Å². The molecule has 22 heavy (non-hydrogen) atoms. The van der Waals surface area contributed by atoms with Gasteiger partial charge in [-0.05, 0) is 56.6 Å². The summed E-state index contributed by atoms with van der Waals surface area (Å²) in [6.45, 7) is 6.75. The summed E-state index contributed by atoms with van der Waals surface area (Å²) in [4.78, 5) is 6.44. The van der Waals surface area contributed by atoms with Crippen LogP contribution < -0.4 is 0 Å². The van der Waals surface area contributed by atoms with E-state index in [1.54, 1.807) is 0 Å². The molecule has 0 aromatic rings. The van der Waals surface area contributed by atoms with Crippen LogP contribution in [0.15, 0.2) is 4.99 Å². The maximum Gasteiger partial charge on any atom is 0.0846 e. The van der Waals surface area contributed by atoms with Crippen molar-refractivity contribution in [1.29, 1.82) is 0 Å². The SMILES string of the molecule is CN=CN1CCC(CCCOCC2CCN(SC)CC2)CC1. The van der Waals surface area contributed by atoms with Crippen LogP contribution >= 0.6 is 11.9 Å². The molecule has 0 aliphatic carbocycles. The summed E-state index contributed by atoms with van der Waals surface area (Å²) in [6, 6.07) is 0. The average molecular weight is 328 g/mol. The molecule has 4 nitrogen and oxygen atoms in total. The Morgan fingerprint density at radius 2 is 1.77 bits per heavy atom. The van der Waals surface area contributed by atoms with E-state index < -0.39 is 0 Å². The fourth-order valence-electron chi connectivity index (χ4n) is 3.50. The van der Waals surface area contributed by atoms with Crippen LogP contribution in [0.2, 0.25) is 0 Å². The molecule has 0 N–H and O–H groups in total. The third-order valence-electron chi connectivity index (χ3n) is 5.01. The molecule has 0 spiro atoms. The smallest absolute Gasteiger partial charge is 0.0846 e. The zero-order valence-corrected chi connectivity index (χ0v) is 15.2. The van der Waals surface area contributed by atoms with E-state index in [1.165, 1.54) is 64.7 Å². The molecule has 2 saturated heterocycles. The van der Waals surface area contributed by atoms with Gasteiger partial charge < -0.3 is 9.64 Å². The Morgan fingerprint density at radius 1 is 1.09 bits per heavy atom. The summed E-state index contributed by atoms with van der Waals surface area (Å²) < 4.78 is 8.40. The van der Waals surface area contributed by atoms with Gasteiger partial charge in [-0.15, -0.1) is 0 Å². The van der Waals surface area contributed by atoms with E-state index in [9.17, 15) is 0 Å². The number of hydrogen-bond acceptors (Lipinski definition) is 4. The topological polar surface area (TPSA) is 28.1 Å². The van der Waals surface area contributed by atoms with Crippen molar-refractivity contribution in [1.82, 2.24) is 9.21 Å². The molecule has 2 fully saturated rings. The van der Waals surface area contributed by atoms with Crippen molar-refractivity contribution in [2.24, 2.45) is 16.8 Å². The molecule has 2 heterocycles. The second-order valence-corrected chi connectivity index (χ2v) is 7.51. The summed E-state index contributed by atoms with van der Waals surface area (Å²) in [7, 11) is 1.86. The Bertz CT molecular complexity index is 311. The van der Waals surface area contributed by atoms with E-state index in [0.717, 1.165) is 25.0 Å². The highest BCUT2D eigenvalue weighted by molar-refractivity contribution is 7.96. The molecule has 5 heteroatoms. The summed E-state index contributed by atoms with van der Waals surface area (Å²) in [5.74, 6) is 1.69. The molecular weight excluding hydrogens is 294 g/mol. The first-order valence-electron chi connectivity index (χ1n) is 8.85. The molecule has 0 saturated carbocycles. The van der Waals surface area contributed by atoms with Gasteiger partial charge in [0.05, 0.1) is 6.34 Å². The maximum absolute atomic E-state index is 5.94. The van der Waals surface area contributed by atoms with Crippen molar-refractivity contribution in [2.45, 2.75) is 38.5 Å². The summed E-state index contributed by atoms with van der Waals surface area (Å²) in [5, 5.41) is 0. The van der Waals surface area contributed by atoms with Crippen LogP contribution in [0.4, 0.5) is 0 Å². The molecule has 2 rings (SSSR count). The van der Waals surface area contributed by atoms with Gasteiger partial charge in [0.25, 0.3) is 0 Å². The molecule has 2 aliphatic rings. The molecule has 0 amide bonds. The number of hydrogen-bond donors (Lipinski definition) is 0. The largest absolute Gasteiger partial charge is 0.381 e. The predicted molar refractivity (Wildman–Crippen MR) is 96.6 cm³/mol. The maximum atomic E-state index is 5.94. The summed E-state index contributed by atoms with van der Waals surface area (Å²) in [5.41, 5.74) is 0. The van der Waals surface area contributed by atoms with Crippen LogP contribution in [-0.2, 0) is 4.74 Å². The third-order valence-corrected chi connectivity index (χ3v) is 5.90. The van der Waals surface area contributed by atoms with Gasteiger partial charge in [0.15, 0.2) is 0 Å². The van der Waals surface area contributed by atoms with Gasteiger partial charge in [0.1, 0.15) is 0 Å². The lowest BCUT2D eigenvalue weighted by Gasteiger charge is -2.31. The Kier molecular flexibility index (Phi) is 8.63. The predicted octanol–water partition coefficient (Wildman–Crippen LogP) is 3.14. The minimum atomic E-state index is 0.792. The van der Waals surface area contributed by atoms with Crippen LogP contribution in [0.25, 0.3) is 0 Å². The van der Waals surface area contributed by atoms with Crippen molar-refractivity contribution in [3.05, 3.63) is 0 Å². The van der Waals surface area contributed by atoms with Gasteiger partial charge in [0, 0.05) is 46.4 Å². The molecule has 0 unspecified atom stereocenters. The zero-order chi connectivity index (χ0) is 15.6. The van der Waals surface area contributed by atoms with Crippen molar-refractivity contribution in [3.63, 3.8) is 0 Å². The quantitative estimate of drug-likeness (QED) is 0.296. The molecule has 0 aromatic heterocycles. The number of piperidine rings is 2. The van der Waals surface area contributed by atoms with E-state index in [2.05, 4.69) is 20.5 Å². The van der Waals surface area contributed by atoms with Gasteiger partial charge >= 0.3 is 0 Å². The fraction of sp³-hybridized carbons (Fsp3) is 0.941. The lowest BCUT2D eigenvalue weighted by atomic mass is 9.92. The fourth-order valence-corrected chi connectivity index (χ4v) is 4.08. The minimum absolute atomic E-state index is 0.792. The van der Waals surface area contributed by atoms with Gasteiger partial charge in [-0.2, -0.15) is 0 Å². The third kappa shape index (κ3) is 6.47. The summed E-state index contributed by atoms with van der Waals surface area (Å²) in [6.07, 6.45) is 12.0.